The average molecular weight is 447 g/mol. The Bertz CT molecular complexity index is 1290. The zero-order valence-corrected chi connectivity index (χ0v) is 17.9. The molecular formula is C24H19ClN4O3. The molecule has 0 saturated heterocycles. The van der Waals surface area contributed by atoms with Crippen LogP contribution >= 0.6 is 11.6 Å². The van der Waals surface area contributed by atoms with E-state index in [0.717, 1.165) is 11.1 Å². The van der Waals surface area contributed by atoms with Crippen molar-refractivity contribution in [2.45, 2.75) is 6.92 Å². The van der Waals surface area contributed by atoms with Crippen molar-refractivity contribution in [3.8, 4) is 0 Å². The maximum absolute atomic E-state index is 13.0. The molecule has 0 aliphatic heterocycles. The van der Waals surface area contributed by atoms with E-state index in [4.69, 9.17) is 16.3 Å². The standard InChI is InChI=1S/C24H19ClN4O3/c1-2-32-24(31)18-8-4-6-10-20(18)28-23(30)22-27-19-9-5-3-7-17(19)21(29-22)26-16-13-11-15(25)12-14-16/h3-14H,2H2,1H3,(H,28,30)(H,26,27,29). The number of benzene rings is 3. The Labute approximate surface area is 189 Å². The number of halogens is 1. The summed E-state index contributed by atoms with van der Waals surface area (Å²) >= 11 is 5.97. The lowest BCUT2D eigenvalue weighted by atomic mass is 10.1. The number of hydrogen-bond acceptors (Lipinski definition) is 6. The summed E-state index contributed by atoms with van der Waals surface area (Å²) in [5.74, 6) is -0.639. The summed E-state index contributed by atoms with van der Waals surface area (Å²) in [5, 5.41) is 7.30. The number of esters is 1. The van der Waals surface area contributed by atoms with Gasteiger partial charge in [-0.1, -0.05) is 35.9 Å². The van der Waals surface area contributed by atoms with Gasteiger partial charge in [0, 0.05) is 16.1 Å². The minimum absolute atomic E-state index is 0.0428. The highest BCUT2D eigenvalue weighted by molar-refractivity contribution is 6.30. The van der Waals surface area contributed by atoms with Gasteiger partial charge in [-0.05, 0) is 55.5 Å². The molecule has 0 fully saturated rings. The number of aromatic nitrogens is 2. The highest BCUT2D eigenvalue weighted by Gasteiger charge is 2.18. The maximum Gasteiger partial charge on any atom is 0.340 e. The van der Waals surface area contributed by atoms with E-state index in [1.165, 1.54) is 0 Å². The van der Waals surface area contributed by atoms with Crippen LogP contribution in [0, 0.1) is 0 Å². The Morgan fingerprint density at radius 1 is 0.938 bits per heavy atom. The van der Waals surface area contributed by atoms with Crippen LogP contribution in [0.25, 0.3) is 10.9 Å². The van der Waals surface area contributed by atoms with E-state index < -0.39 is 11.9 Å². The van der Waals surface area contributed by atoms with Crippen molar-refractivity contribution in [2.24, 2.45) is 0 Å². The van der Waals surface area contributed by atoms with E-state index in [9.17, 15) is 9.59 Å². The van der Waals surface area contributed by atoms with Crippen molar-refractivity contribution < 1.29 is 14.3 Å². The summed E-state index contributed by atoms with van der Waals surface area (Å²) in [6, 6.07) is 21.1. The fourth-order valence-electron chi connectivity index (χ4n) is 3.10. The number of anilines is 3. The molecule has 160 valence electrons. The molecule has 3 aromatic carbocycles. The van der Waals surface area contributed by atoms with E-state index in [1.807, 2.05) is 30.3 Å². The predicted octanol–water partition coefficient (Wildman–Crippen LogP) is 5.46. The van der Waals surface area contributed by atoms with Crippen molar-refractivity contribution in [3.05, 3.63) is 89.2 Å². The number of nitrogens with zero attached hydrogens (tertiary/aromatic N) is 2. The topological polar surface area (TPSA) is 93.2 Å². The Balaban J connectivity index is 1.68. The highest BCUT2D eigenvalue weighted by atomic mass is 35.5. The fourth-order valence-corrected chi connectivity index (χ4v) is 3.23. The molecule has 0 radical (unpaired) electrons. The SMILES string of the molecule is CCOC(=O)c1ccccc1NC(=O)c1nc(Nc2ccc(Cl)cc2)c2ccccc2n1. The molecule has 0 unspecified atom stereocenters. The Kier molecular flexibility index (Phi) is 6.28. The van der Waals surface area contributed by atoms with Crippen molar-refractivity contribution in [3.63, 3.8) is 0 Å². The Morgan fingerprint density at radius 2 is 1.66 bits per heavy atom. The molecule has 0 spiro atoms. The molecule has 0 bridgehead atoms. The molecule has 1 aromatic heterocycles. The number of carbonyl (C=O) groups is 2. The van der Waals surface area contributed by atoms with Crippen molar-refractivity contribution in [1.29, 1.82) is 0 Å². The summed E-state index contributed by atoms with van der Waals surface area (Å²) in [7, 11) is 0. The maximum atomic E-state index is 13.0. The highest BCUT2D eigenvalue weighted by Crippen LogP contribution is 2.25. The van der Waals surface area contributed by atoms with Gasteiger partial charge in [-0.15, -0.1) is 0 Å². The van der Waals surface area contributed by atoms with Crippen molar-refractivity contribution >= 4 is 51.6 Å². The normalized spacial score (nSPS) is 10.6. The number of para-hydroxylation sites is 2. The number of amides is 1. The smallest absolute Gasteiger partial charge is 0.340 e. The number of rotatable bonds is 6. The average Bonchev–Trinajstić information content (AvgIpc) is 2.81. The van der Waals surface area contributed by atoms with Crippen LogP contribution in [0.1, 0.15) is 27.9 Å². The second-order valence-corrected chi connectivity index (χ2v) is 7.20. The Hall–Kier alpha value is -3.97. The summed E-state index contributed by atoms with van der Waals surface area (Å²) < 4.78 is 5.07. The van der Waals surface area contributed by atoms with Crippen LogP contribution in [0.5, 0.6) is 0 Å². The van der Waals surface area contributed by atoms with E-state index in [0.29, 0.717) is 22.0 Å². The summed E-state index contributed by atoms with van der Waals surface area (Å²) in [4.78, 5) is 34.1. The summed E-state index contributed by atoms with van der Waals surface area (Å²) in [6.07, 6.45) is 0. The van der Waals surface area contributed by atoms with Gasteiger partial charge in [0.15, 0.2) is 0 Å². The lowest BCUT2D eigenvalue weighted by Gasteiger charge is -2.12. The van der Waals surface area contributed by atoms with Crippen molar-refractivity contribution in [1.82, 2.24) is 9.97 Å². The predicted molar refractivity (Wildman–Crippen MR) is 125 cm³/mol. The third-order valence-corrected chi connectivity index (χ3v) is 4.84. The van der Waals surface area contributed by atoms with E-state index in [1.54, 1.807) is 49.4 Å². The van der Waals surface area contributed by atoms with Crippen LogP contribution in [0.3, 0.4) is 0 Å². The van der Waals surface area contributed by atoms with Crippen LogP contribution in [0.15, 0.2) is 72.8 Å². The second-order valence-electron chi connectivity index (χ2n) is 6.77. The number of ether oxygens (including phenoxy) is 1. The minimum atomic E-state index is -0.549. The van der Waals surface area contributed by atoms with Crippen LogP contribution < -0.4 is 10.6 Å². The van der Waals surface area contributed by atoms with Crippen LogP contribution in [-0.4, -0.2) is 28.5 Å². The molecule has 8 heteroatoms. The summed E-state index contributed by atoms with van der Waals surface area (Å²) in [6.45, 7) is 1.95. The first-order valence-corrected chi connectivity index (χ1v) is 10.3. The molecule has 7 nitrogen and oxygen atoms in total. The quantitative estimate of drug-likeness (QED) is 0.382. The first kappa shape index (κ1) is 21.3. The van der Waals surface area contributed by atoms with Gasteiger partial charge in [0.05, 0.1) is 23.4 Å². The zero-order valence-electron chi connectivity index (χ0n) is 17.1. The first-order valence-electron chi connectivity index (χ1n) is 9.92. The van der Waals surface area contributed by atoms with Crippen LogP contribution in [-0.2, 0) is 4.74 Å². The molecule has 0 atom stereocenters. The lowest BCUT2D eigenvalue weighted by molar-refractivity contribution is 0.0527. The zero-order chi connectivity index (χ0) is 22.5. The van der Waals surface area contributed by atoms with Gasteiger partial charge < -0.3 is 15.4 Å². The van der Waals surface area contributed by atoms with Crippen molar-refractivity contribution in [2.75, 3.05) is 17.2 Å². The van der Waals surface area contributed by atoms with E-state index in [2.05, 4.69) is 20.6 Å². The van der Waals surface area contributed by atoms with Gasteiger partial charge in [0.25, 0.3) is 5.91 Å². The monoisotopic (exact) mass is 446 g/mol. The second kappa shape index (κ2) is 9.45. The minimum Gasteiger partial charge on any atom is -0.462 e. The van der Waals surface area contributed by atoms with Gasteiger partial charge in [0.1, 0.15) is 5.82 Å². The molecule has 4 aromatic rings. The number of nitrogens with one attached hydrogen (secondary N) is 2. The molecular weight excluding hydrogens is 428 g/mol. The number of fused-ring (bicyclic) bond motifs is 1. The molecule has 1 amide bonds. The van der Waals surface area contributed by atoms with E-state index >= 15 is 0 Å². The third-order valence-electron chi connectivity index (χ3n) is 4.58. The molecule has 32 heavy (non-hydrogen) atoms. The van der Waals surface area contributed by atoms with Crippen LogP contribution in [0.4, 0.5) is 17.2 Å². The summed E-state index contributed by atoms with van der Waals surface area (Å²) in [5.41, 5.74) is 1.93. The first-order chi connectivity index (χ1) is 15.5. The largest absolute Gasteiger partial charge is 0.462 e. The third kappa shape index (κ3) is 4.68. The van der Waals surface area contributed by atoms with Crippen LogP contribution in [0.2, 0.25) is 5.02 Å². The Morgan fingerprint density at radius 3 is 2.44 bits per heavy atom. The number of carbonyl (C=O) groups excluding carboxylic acids is 2. The van der Waals surface area contributed by atoms with E-state index in [-0.39, 0.29) is 18.0 Å². The van der Waals surface area contributed by atoms with Gasteiger partial charge in [-0.25, -0.2) is 14.8 Å². The molecule has 1 heterocycles. The molecule has 4 rings (SSSR count). The molecule has 2 N–H and O–H groups in total. The number of hydrogen-bond donors (Lipinski definition) is 2. The lowest BCUT2D eigenvalue weighted by Crippen LogP contribution is -2.19. The van der Waals surface area contributed by atoms with Gasteiger partial charge in [0.2, 0.25) is 5.82 Å². The van der Waals surface area contributed by atoms with Gasteiger partial charge in [-0.2, -0.15) is 0 Å². The van der Waals surface area contributed by atoms with Gasteiger partial charge in [-0.3, -0.25) is 4.79 Å². The molecule has 0 aliphatic rings. The molecule has 0 aliphatic carbocycles. The fraction of sp³-hybridized carbons (Fsp3) is 0.0833. The molecule has 0 saturated carbocycles. The van der Waals surface area contributed by atoms with Gasteiger partial charge >= 0.3 is 5.97 Å².